The molecule has 16 heavy (non-hydrogen) atoms. The number of nitrogens with one attached hydrogen (secondary N) is 1. The Labute approximate surface area is 95.6 Å². The van der Waals surface area contributed by atoms with Gasteiger partial charge in [0.2, 0.25) is 0 Å². The molecule has 0 aliphatic rings. The quantitative estimate of drug-likeness (QED) is 0.767. The van der Waals surface area contributed by atoms with Crippen LogP contribution in [0.1, 0.15) is 11.1 Å². The monoisotopic (exact) mass is 213 g/mol. The molecule has 0 fully saturated rings. The minimum Gasteiger partial charge on any atom is -0.506 e. The first-order valence-corrected chi connectivity index (χ1v) is 5.33. The van der Waals surface area contributed by atoms with E-state index in [9.17, 15) is 5.11 Å². The Morgan fingerprint density at radius 3 is 2.50 bits per heavy atom. The van der Waals surface area contributed by atoms with Crippen LogP contribution in [0, 0.1) is 6.92 Å². The average Bonchev–Trinajstić information content (AvgIpc) is 2.29. The lowest BCUT2D eigenvalue weighted by Crippen LogP contribution is -1.99. The van der Waals surface area contributed by atoms with E-state index in [0.717, 1.165) is 17.8 Å². The van der Waals surface area contributed by atoms with Crippen molar-refractivity contribution < 1.29 is 5.11 Å². The van der Waals surface area contributed by atoms with Crippen molar-refractivity contribution in [1.82, 2.24) is 0 Å². The van der Waals surface area contributed by atoms with Gasteiger partial charge in [0.15, 0.2) is 0 Å². The third kappa shape index (κ3) is 2.54. The number of benzene rings is 2. The van der Waals surface area contributed by atoms with Gasteiger partial charge in [-0.15, -0.1) is 0 Å². The van der Waals surface area contributed by atoms with Gasteiger partial charge in [-0.25, -0.2) is 0 Å². The van der Waals surface area contributed by atoms with E-state index in [1.165, 1.54) is 5.56 Å². The van der Waals surface area contributed by atoms with Gasteiger partial charge in [-0.3, -0.25) is 0 Å². The first-order chi connectivity index (χ1) is 7.75. The normalized spacial score (nSPS) is 10.1. The summed E-state index contributed by atoms with van der Waals surface area (Å²) < 4.78 is 0. The Morgan fingerprint density at radius 1 is 1.06 bits per heavy atom. The molecule has 0 aliphatic carbocycles. The van der Waals surface area contributed by atoms with Crippen molar-refractivity contribution in [3.8, 4) is 5.75 Å². The van der Waals surface area contributed by atoms with Crippen LogP contribution in [0.5, 0.6) is 5.75 Å². The first-order valence-electron chi connectivity index (χ1n) is 5.33. The lowest BCUT2D eigenvalue weighted by atomic mass is 10.2. The summed E-state index contributed by atoms with van der Waals surface area (Å²) in [6, 6.07) is 15.7. The maximum absolute atomic E-state index is 9.71. The van der Waals surface area contributed by atoms with Gasteiger partial charge < -0.3 is 10.4 Å². The zero-order valence-electron chi connectivity index (χ0n) is 9.27. The number of phenolic OH excluding ortho intramolecular Hbond substituents is 1. The predicted octanol–water partition coefficient (Wildman–Crippen LogP) is 3.31. The third-order valence-electron chi connectivity index (χ3n) is 2.48. The minimum atomic E-state index is 0.302. The topological polar surface area (TPSA) is 32.3 Å². The van der Waals surface area contributed by atoms with Gasteiger partial charge in [-0.2, -0.15) is 0 Å². The molecular formula is C14H15NO. The van der Waals surface area contributed by atoms with E-state index < -0.39 is 0 Å². The predicted molar refractivity (Wildman–Crippen MR) is 66.6 cm³/mol. The van der Waals surface area contributed by atoms with Crippen molar-refractivity contribution in [3.63, 3.8) is 0 Å². The number of aromatic hydroxyl groups is 1. The molecule has 0 heterocycles. The van der Waals surface area contributed by atoms with Crippen LogP contribution in [0.2, 0.25) is 0 Å². The molecule has 0 atom stereocenters. The van der Waals surface area contributed by atoms with Gasteiger partial charge in [0.1, 0.15) is 5.75 Å². The lowest BCUT2D eigenvalue weighted by molar-refractivity contribution is 0.476. The van der Waals surface area contributed by atoms with Crippen LogP contribution in [-0.4, -0.2) is 5.11 Å². The van der Waals surface area contributed by atoms with Crippen LogP contribution < -0.4 is 5.32 Å². The molecular weight excluding hydrogens is 198 g/mol. The van der Waals surface area contributed by atoms with Crippen molar-refractivity contribution in [2.24, 2.45) is 0 Å². The standard InChI is InChI=1S/C14H15NO/c1-11-7-8-13(14(16)9-11)15-10-12-5-3-2-4-6-12/h2-9,15-16H,10H2,1H3. The largest absolute Gasteiger partial charge is 0.506 e. The summed E-state index contributed by atoms with van der Waals surface area (Å²) in [6.45, 7) is 2.68. The molecule has 0 bridgehead atoms. The summed E-state index contributed by atoms with van der Waals surface area (Å²) >= 11 is 0. The van der Waals surface area contributed by atoms with Gasteiger partial charge in [0.05, 0.1) is 5.69 Å². The van der Waals surface area contributed by atoms with Crippen LogP contribution in [-0.2, 0) is 6.54 Å². The molecule has 2 aromatic carbocycles. The van der Waals surface area contributed by atoms with Crippen LogP contribution in [0.25, 0.3) is 0 Å². The van der Waals surface area contributed by atoms with Crippen molar-refractivity contribution in [1.29, 1.82) is 0 Å². The van der Waals surface area contributed by atoms with Gasteiger partial charge in [-0.05, 0) is 30.2 Å². The molecule has 0 saturated carbocycles. The van der Waals surface area contributed by atoms with Crippen LogP contribution in [0.3, 0.4) is 0 Å². The SMILES string of the molecule is Cc1ccc(NCc2ccccc2)c(O)c1. The fraction of sp³-hybridized carbons (Fsp3) is 0.143. The Morgan fingerprint density at radius 2 is 1.81 bits per heavy atom. The number of hydrogen-bond acceptors (Lipinski definition) is 2. The molecule has 2 rings (SSSR count). The molecule has 0 amide bonds. The number of rotatable bonds is 3. The molecule has 0 radical (unpaired) electrons. The zero-order valence-corrected chi connectivity index (χ0v) is 9.27. The maximum Gasteiger partial charge on any atom is 0.138 e. The average molecular weight is 213 g/mol. The highest BCUT2D eigenvalue weighted by Gasteiger charge is 2.00. The summed E-state index contributed by atoms with van der Waals surface area (Å²) in [5.74, 6) is 0.302. The summed E-state index contributed by atoms with van der Waals surface area (Å²) in [6.07, 6.45) is 0. The van der Waals surface area contributed by atoms with E-state index in [1.807, 2.05) is 37.3 Å². The van der Waals surface area contributed by atoms with Crippen LogP contribution >= 0.6 is 0 Å². The molecule has 0 aromatic heterocycles. The summed E-state index contributed by atoms with van der Waals surface area (Å²) in [7, 11) is 0. The minimum absolute atomic E-state index is 0.302. The van der Waals surface area contributed by atoms with E-state index in [-0.39, 0.29) is 0 Å². The molecule has 82 valence electrons. The Bertz CT molecular complexity index is 465. The second kappa shape index (κ2) is 4.71. The Kier molecular flexibility index (Phi) is 3.10. The lowest BCUT2D eigenvalue weighted by Gasteiger charge is -2.08. The number of phenols is 1. The summed E-state index contributed by atoms with van der Waals surface area (Å²) in [4.78, 5) is 0. The van der Waals surface area contributed by atoms with Crippen molar-refractivity contribution in [3.05, 3.63) is 59.7 Å². The highest BCUT2D eigenvalue weighted by molar-refractivity contribution is 5.56. The highest BCUT2D eigenvalue weighted by atomic mass is 16.3. The second-order valence-corrected chi connectivity index (χ2v) is 3.86. The van der Waals surface area contributed by atoms with Gasteiger partial charge >= 0.3 is 0 Å². The van der Waals surface area contributed by atoms with E-state index in [0.29, 0.717) is 5.75 Å². The first kappa shape index (κ1) is 10.6. The molecule has 0 saturated heterocycles. The third-order valence-corrected chi connectivity index (χ3v) is 2.48. The Hall–Kier alpha value is -1.96. The van der Waals surface area contributed by atoms with Crippen LogP contribution in [0.15, 0.2) is 48.5 Å². The molecule has 0 aliphatic heterocycles. The number of anilines is 1. The van der Waals surface area contributed by atoms with E-state index in [2.05, 4.69) is 17.4 Å². The number of hydrogen-bond donors (Lipinski definition) is 2. The molecule has 2 N–H and O–H groups in total. The smallest absolute Gasteiger partial charge is 0.138 e. The van der Waals surface area contributed by atoms with E-state index in [1.54, 1.807) is 6.07 Å². The zero-order chi connectivity index (χ0) is 11.4. The van der Waals surface area contributed by atoms with Gasteiger partial charge in [-0.1, -0.05) is 36.4 Å². The Balaban J connectivity index is 2.05. The fourth-order valence-electron chi connectivity index (χ4n) is 1.58. The van der Waals surface area contributed by atoms with Crippen molar-refractivity contribution in [2.75, 3.05) is 5.32 Å². The van der Waals surface area contributed by atoms with Gasteiger partial charge in [0, 0.05) is 6.54 Å². The molecule has 0 unspecified atom stereocenters. The van der Waals surface area contributed by atoms with E-state index in [4.69, 9.17) is 0 Å². The van der Waals surface area contributed by atoms with Crippen molar-refractivity contribution in [2.45, 2.75) is 13.5 Å². The van der Waals surface area contributed by atoms with Crippen molar-refractivity contribution >= 4 is 5.69 Å². The van der Waals surface area contributed by atoms with Crippen LogP contribution in [0.4, 0.5) is 5.69 Å². The molecule has 2 nitrogen and oxygen atoms in total. The fourth-order valence-corrected chi connectivity index (χ4v) is 1.58. The summed E-state index contributed by atoms with van der Waals surface area (Å²) in [5, 5.41) is 12.9. The molecule has 0 spiro atoms. The maximum atomic E-state index is 9.71. The second-order valence-electron chi connectivity index (χ2n) is 3.86. The molecule has 2 heteroatoms. The molecule has 2 aromatic rings. The van der Waals surface area contributed by atoms with E-state index >= 15 is 0 Å². The summed E-state index contributed by atoms with van der Waals surface area (Å²) in [5.41, 5.74) is 3.03. The number of aryl methyl sites for hydroxylation is 1. The highest BCUT2D eigenvalue weighted by Crippen LogP contribution is 2.24. The van der Waals surface area contributed by atoms with Gasteiger partial charge in [0.25, 0.3) is 0 Å².